The van der Waals surface area contributed by atoms with Crippen molar-refractivity contribution in [1.82, 2.24) is 30.8 Å². The van der Waals surface area contributed by atoms with E-state index in [4.69, 9.17) is 14.5 Å². The molecular formula is C28H46N7O17P3S. The lowest BCUT2D eigenvalue weighted by atomic mass is 10.0. The number of aliphatic hydroxyl groups excluding tert-OH is 1. The molecule has 3 fully saturated rings. The number of hydrogen-bond acceptors (Lipinski definition) is 15. The highest BCUT2D eigenvalue weighted by atomic mass is 32.2. The lowest BCUT2D eigenvalue weighted by molar-refractivity contribution is -0.121. The van der Waals surface area contributed by atoms with Crippen LogP contribution >= 0.6 is 35.2 Å². The van der Waals surface area contributed by atoms with E-state index in [9.17, 15) is 52.6 Å². The van der Waals surface area contributed by atoms with Gasteiger partial charge in [-0.3, -0.25) is 28.5 Å². The van der Waals surface area contributed by atoms with Gasteiger partial charge in [-0.15, -0.1) is 0 Å². The highest BCUT2D eigenvalue weighted by Crippen LogP contribution is 2.66. The molecule has 0 aliphatic carbocycles. The number of carbonyl (C=O) groups is 3. The van der Waals surface area contributed by atoms with Crippen molar-refractivity contribution in [3.8, 4) is 0 Å². The maximum atomic E-state index is 12.5. The molecule has 3 aliphatic rings. The molecule has 0 saturated carbocycles. The molecule has 2 unspecified atom stereocenters. The Morgan fingerprint density at radius 1 is 0.982 bits per heavy atom. The standard InChI is InChI=1S/C28H46N7O17P3S/c36-19-13-24(50-20(19)15-49-54(45,46)52-55(47,48)51-53(42,43)44)35-14-17(26(39)34-28(35)41)31-23(38)9-12-29-10-5-1-2-6-11-30-22(37)8-4-3-7-21-25-18(16-56-21)32-27(40)33-25/h9,12,14,18-21,24-25,29,36H,1-8,10-11,13,15-16H2,(H,30,37)(H,31,38)(H,45,46)(H,47,48)(H2,32,33,40)(H,34,39,41)(H2,42,43,44)/b12-9+/t18-,19-,20+,21-,24+,25-/m0/s1. The molecule has 4 heterocycles. The van der Waals surface area contributed by atoms with Gasteiger partial charge in [0.05, 0.1) is 24.8 Å². The smallest absolute Gasteiger partial charge is 0.391 e. The van der Waals surface area contributed by atoms with E-state index < -0.39 is 65.7 Å². The number of hydrogen-bond donors (Lipinski definition) is 11. The molecule has 28 heteroatoms. The van der Waals surface area contributed by atoms with Crippen LogP contribution in [0.15, 0.2) is 28.1 Å². The first-order valence-electron chi connectivity index (χ1n) is 17.4. The Morgan fingerprint density at radius 3 is 2.45 bits per heavy atom. The first kappa shape index (κ1) is 45.8. The molecule has 4 amide bonds. The Hall–Kier alpha value is -2.89. The zero-order valence-corrected chi connectivity index (χ0v) is 33.2. The van der Waals surface area contributed by atoms with E-state index in [1.165, 1.54) is 6.20 Å². The Bertz CT molecular complexity index is 1840. The molecule has 0 aromatic carbocycles. The van der Waals surface area contributed by atoms with Gasteiger partial charge in [0, 0.05) is 55.4 Å². The van der Waals surface area contributed by atoms with Crippen LogP contribution in [0.4, 0.5) is 10.5 Å². The number of anilines is 1. The fourth-order valence-electron chi connectivity index (χ4n) is 5.98. The molecule has 1 aromatic rings. The minimum atomic E-state index is -5.77. The molecule has 0 radical (unpaired) electrons. The van der Waals surface area contributed by atoms with Crippen LogP contribution in [0.2, 0.25) is 0 Å². The third kappa shape index (κ3) is 15.1. The highest BCUT2D eigenvalue weighted by molar-refractivity contribution is 8.00. The van der Waals surface area contributed by atoms with E-state index in [0.717, 1.165) is 67.5 Å². The molecule has 56 heavy (non-hydrogen) atoms. The number of aliphatic hydroxyl groups is 1. The Morgan fingerprint density at radius 2 is 1.71 bits per heavy atom. The largest absolute Gasteiger partial charge is 0.490 e. The number of thioether (sulfide) groups is 1. The number of rotatable bonds is 23. The van der Waals surface area contributed by atoms with Gasteiger partial charge in [0.2, 0.25) is 11.8 Å². The number of nitrogens with zero attached hydrogens (tertiary/aromatic N) is 1. The highest BCUT2D eigenvalue weighted by Gasteiger charge is 2.44. The van der Waals surface area contributed by atoms with Gasteiger partial charge in [-0.25, -0.2) is 23.3 Å². The molecule has 24 nitrogen and oxygen atoms in total. The summed E-state index contributed by atoms with van der Waals surface area (Å²) in [6.45, 7) is 0.151. The van der Waals surface area contributed by atoms with Gasteiger partial charge < -0.3 is 56.0 Å². The number of ether oxygens (including phenoxy) is 1. The summed E-state index contributed by atoms with van der Waals surface area (Å²) in [5.41, 5.74) is -2.31. The third-order valence-electron chi connectivity index (χ3n) is 8.56. The number of phosphoric acid groups is 3. The minimum Gasteiger partial charge on any atom is -0.391 e. The number of phosphoric ester groups is 1. The van der Waals surface area contributed by atoms with Crippen LogP contribution in [-0.4, -0.2) is 107 Å². The lowest BCUT2D eigenvalue weighted by Crippen LogP contribution is -2.36. The summed E-state index contributed by atoms with van der Waals surface area (Å²) in [6, 6.07) is 0.268. The van der Waals surface area contributed by atoms with Crippen molar-refractivity contribution in [2.45, 2.75) is 93.6 Å². The predicted octanol–water partition coefficient (Wildman–Crippen LogP) is -0.0275. The maximum Gasteiger partial charge on any atom is 0.490 e. The topological polar surface area (TPSA) is 356 Å². The Balaban J connectivity index is 1.08. The van der Waals surface area contributed by atoms with Gasteiger partial charge in [-0.2, -0.15) is 20.4 Å². The molecule has 1 aromatic heterocycles. The van der Waals surface area contributed by atoms with Crippen molar-refractivity contribution < 1.29 is 70.6 Å². The van der Waals surface area contributed by atoms with Crippen LogP contribution in [0.5, 0.6) is 0 Å². The molecule has 3 aliphatic heterocycles. The summed E-state index contributed by atoms with van der Waals surface area (Å²) >= 11 is 1.86. The Labute approximate surface area is 323 Å². The van der Waals surface area contributed by atoms with E-state index >= 15 is 0 Å². The van der Waals surface area contributed by atoms with Gasteiger partial charge in [0.1, 0.15) is 18.0 Å². The molecule has 11 N–H and O–H groups in total. The average Bonchev–Trinajstić information content (AvgIpc) is 3.76. The van der Waals surface area contributed by atoms with Gasteiger partial charge in [-0.1, -0.05) is 19.3 Å². The molecule has 316 valence electrons. The van der Waals surface area contributed by atoms with E-state index in [1.54, 1.807) is 0 Å². The van der Waals surface area contributed by atoms with Crippen molar-refractivity contribution in [3.05, 3.63) is 39.3 Å². The first-order valence-corrected chi connectivity index (χ1v) is 23.0. The number of aromatic amines is 1. The molecule has 0 bridgehead atoms. The minimum absolute atomic E-state index is 0.0246. The van der Waals surface area contributed by atoms with Crippen molar-refractivity contribution in [1.29, 1.82) is 0 Å². The van der Waals surface area contributed by atoms with Crippen LogP contribution in [0, 0.1) is 0 Å². The number of fused-ring (bicyclic) bond motifs is 1. The van der Waals surface area contributed by atoms with Crippen LogP contribution in [0.1, 0.15) is 64.0 Å². The number of nitrogens with one attached hydrogen (secondary N) is 6. The number of amides is 4. The van der Waals surface area contributed by atoms with Crippen LogP contribution in [-0.2, 0) is 41.2 Å². The van der Waals surface area contributed by atoms with E-state index in [1.807, 2.05) is 16.7 Å². The van der Waals surface area contributed by atoms with Crippen molar-refractivity contribution in [2.75, 3.05) is 30.8 Å². The number of unbranched alkanes of at least 4 members (excludes halogenated alkanes) is 4. The molecule has 0 spiro atoms. The molecule has 8 atom stereocenters. The molecule has 3 saturated heterocycles. The predicted molar refractivity (Wildman–Crippen MR) is 197 cm³/mol. The number of H-pyrrole nitrogens is 1. The van der Waals surface area contributed by atoms with Crippen LogP contribution < -0.4 is 37.8 Å². The number of aromatic nitrogens is 2. The summed E-state index contributed by atoms with van der Waals surface area (Å²) in [7, 11) is -16.9. The summed E-state index contributed by atoms with van der Waals surface area (Å²) in [5.74, 6) is 0.213. The van der Waals surface area contributed by atoms with E-state index in [-0.39, 0.29) is 36.1 Å². The van der Waals surface area contributed by atoms with Crippen LogP contribution in [0.3, 0.4) is 0 Å². The fourth-order valence-corrected chi connectivity index (χ4v) is 10.6. The van der Waals surface area contributed by atoms with Gasteiger partial charge in [0.25, 0.3) is 5.56 Å². The molecular weight excluding hydrogens is 831 g/mol. The second kappa shape index (κ2) is 20.7. The normalized spacial score (nSPS) is 25.6. The fraction of sp³-hybridized carbons (Fsp3) is 0.679. The quantitative estimate of drug-likeness (QED) is 0.0298. The van der Waals surface area contributed by atoms with Crippen molar-refractivity contribution in [3.63, 3.8) is 0 Å². The molecule has 4 rings (SSSR count). The van der Waals surface area contributed by atoms with Gasteiger partial charge >= 0.3 is 35.2 Å². The van der Waals surface area contributed by atoms with Crippen molar-refractivity contribution >= 4 is 58.8 Å². The second-order valence-electron chi connectivity index (χ2n) is 12.9. The number of carbonyl (C=O) groups excluding carboxylic acids is 3. The van der Waals surface area contributed by atoms with Crippen LogP contribution in [0.25, 0.3) is 0 Å². The van der Waals surface area contributed by atoms with E-state index in [2.05, 4.69) is 39.7 Å². The summed E-state index contributed by atoms with van der Waals surface area (Å²) in [4.78, 5) is 99.0. The zero-order chi connectivity index (χ0) is 41.1. The van der Waals surface area contributed by atoms with E-state index in [0.29, 0.717) is 24.8 Å². The summed E-state index contributed by atoms with van der Waals surface area (Å²) < 4.78 is 52.2. The number of urea groups is 1. The maximum absolute atomic E-state index is 12.5. The summed E-state index contributed by atoms with van der Waals surface area (Å²) in [5, 5.41) is 24.8. The third-order valence-corrected chi connectivity index (χ3v) is 13.9. The van der Waals surface area contributed by atoms with Gasteiger partial charge in [0.15, 0.2) is 0 Å². The lowest BCUT2D eigenvalue weighted by Gasteiger charge is -2.19. The van der Waals surface area contributed by atoms with Gasteiger partial charge in [-0.05, 0) is 25.7 Å². The SMILES string of the molecule is O=C(/C=C/NCCCCCCNC(=O)CCCC[C@@H]1SC[C@@H]2NC(=O)N[C@@H]21)Nc1cn([C@H]2C[C@H](O)[C@@H](COP(=O)(O)OP(=O)(O)OP(=O)(O)O)O2)c(=O)[nH]c1=O. The second-order valence-corrected chi connectivity index (χ2v) is 18.6. The average molecular weight is 878 g/mol. The Kier molecular flexibility index (Phi) is 16.9. The zero-order valence-electron chi connectivity index (χ0n) is 29.7. The summed E-state index contributed by atoms with van der Waals surface area (Å²) in [6.07, 6.45) is 5.44. The monoisotopic (exact) mass is 877 g/mol. The first-order chi connectivity index (χ1) is 26.3. The van der Waals surface area contributed by atoms with Crippen molar-refractivity contribution in [2.24, 2.45) is 0 Å².